The monoisotopic (exact) mass is 328 g/mol. The van der Waals surface area contributed by atoms with E-state index in [1.54, 1.807) is 0 Å². The van der Waals surface area contributed by atoms with Gasteiger partial charge in [0.1, 0.15) is 10.7 Å². The Morgan fingerprint density at radius 1 is 1.30 bits per heavy atom. The van der Waals surface area contributed by atoms with Gasteiger partial charge >= 0.3 is 0 Å². The zero-order valence-electron chi connectivity index (χ0n) is 13.2. The Kier molecular flexibility index (Phi) is 3.91. The van der Waals surface area contributed by atoms with Crippen molar-refractivity contribution in [3.05, 3.63) is 40.9 Å². The quantitative estimate of drug-likeness (QED) is 0.847. The molecule has 4 nitrogen and oxygen atoms in total. The lowest BCUT2D eigenvalue weighted by Crippen LogP contribution is -2.51. The first-order valence-corrected chi connectivity index (χ1v) is 9.05. The predicted octanol–water partition coefficient (Wildman–Crippen LogP) is 3.51. The van der Waals surface area contributed by atoms with E-state index in [0.717, 1.165) is 29.8 Å². The van der Waals surface area contributed by atoms with Gasteiger partial charge < -0.3 is 9.64 Å². The van der Waals surface area contributed by atoms with E-state index in [4.69, 9.17) is 4.74 Å². The number of nitrogens with zero attached hydrogens (tertiary/aromatic N) is 2. The van der Waals surface area contributed by atoms with Gasteiger partial charge in [0, 0.05) is 17.5 Å². The van der Waals surface area contributed by atoms with Gasteiger partial charge in [0.05, 0.1) is 18.8 Å². The van der Waals surface area contributed by atoms with Crippen LogP contribution in [0.3, 0.4) is 0 Å². The van der Waals surface area contributed by atoms with Gasteiger partial charge in [0.2, 0.25) is 0 Å². The summed E-state index contributed by atoms with van der Waals surface area (Å²) in [6.07, 6.45) is 3.49. The number of rotatable bonds is 2. The molecule has 120 valence electrons. The molecule has 1 aliphatic heterocycles. The molecule has 4 rings (SSSR count). The number of ether oxygens (including phenoxy) is 1. The van der Waals surface area contributed by atoms with Crippen LogP contribution in [-0.2, 0) is 4.74 Å². The molecule has 0 bridgehead atoms. The number of carbonyl (C=O) groups excluding carboxylic acids is 1. The van der Waals surface area contributed by atoms with E-state index in [1.165, 1.54) is 16.9 Å². The van der Waals surface area contributed by atoms with Crippen LogP contribution >= 0.6 is 11.3 Å². The third-order valence-corrected chi connectivity index (χ3v) is 5.66. The largest absolute Gasteiger partial charge is 0.374 e. The summed E-state index contributed by atoms with van der Waals surface area (Å²) < 4.78 is 5.79. The van der Waals surface area contributed by atoms with Crippen LogP contribution in [0.1, 0.15) is 35.3 Å². The second kappa shape index (κ2) is 6.06. The van der Waals surface area contributed by atoms with Gasteiger partial charge in [-0.2, -0.15) is 0 Å². The van der Waals surface area contributed by atoms with Crippen LogP contribution in [0.4, 0.5) is 0 Å². The number of aromatic nitrogens is 1. The van der Waals surface area contributed by atoms with Crippen molar-refractivity contribution < 1.29 is 9.53 Å². The fraction of sp³-hybridized carbons (Fsp3) is 0.444. The zero-order valence-corrected chi connectivity index (χ0v) is 14.0. The van der Waals surface area contributed by atoms with E-state index in [-0.39, 0.29) is 18.1 Å². The molecule has 2 aliphatic rings. The highest BCUT2D eigenvalue weighted by Crippen LogP contribution is 2.31. The minimum atomic E-state index is 0.0554. The van der Waals surface area contributed by atoms with Crippen molar-refractivity contribution in [2.24, 2.45) is 0 Å². The van der Waals surface area contributed by atoms with Crippen LogP contribution in [0.2, 0.25) is 0 Å². The lowest BCUT2D eigenvalue weighted by atomic mass is 10.1. The lowest BCUT2D eigenvalue weighted by molar-refractivity contribution is -0.0447. The second-order valence-corrected chi connectivity index (χ2v) is 7.17. The molecule has 2 fully saturated rings. The SMILES string of the molecule is Cc1ccc(-c2nc(C(=O)N3CCO[C@H]4CCC[C@@H]43)cs2)cc1. The van der Waals surface area contributed by atoms with Crippen molar-refractivity contribution in [2.75, 3.05) is 13.2 Å². The highest BCUT2D eigenvalue weighted by Gasteiger charge is 2.39. The van der Waals surface area contributed by atoms with E-state index in [1.807, 2.05) is 10.3 Å². The molecule has 0 N–H and O–H groups in total. The average molecular weight is 328 g/mol. The number of thiazole rings is 1. The molecule has 1 aromatic heterocycles. The molecule has 1 amide bonds. The van der Waals surface area contributed by atoms with Gasteiger partial charge in [0.25, 0.3) is 5.91 Å². The van der Waals surface area contributed by atoms with E-state index < -0.39 is 0 Å². The molecular formula is C18H20N2O2S. The topological polar surface area (TPSA) is 42.4 Å². The Morgan fingerprint density at radius 2 is 2.13 bits per heavy atom. The standard InChI is InChI=1S/C18H20N2O2S/c1-12-5-7-13(8-6-12)17-19-14(11-23-17)18(21)20-9-10-22-16-4-2-3-15(16)20/h5-8,11,15-16H,2-4,9-10H2,1H3/t15-,16-/m0/s1. The summed E-state index contributed by atoms with van der Waals surface area (Å²) >= 11 is 1.54. The van der Waals surface area contributed by atoms with Crippen LogP contribution in [-0.4, -0.2) is 41.1 Å². The highest BCUT2D eigenvalue weighted by molar-refractivity contribution is 7.13. The molecule has 1 saturated carbocycles. The number of amides is 1. The highest BCUT2D eigenvalue weighted by atomic mass is 32.1. The fourth-order valence-corrected chi connectivity index (χ4v) is 4.33. The third-order valence-electron chi connectivity index (χ3n) is 4.76. The Morgan fingerprint density at radius 3 is 2.96 bits per heavy atom. The first-order chi connectivity index (χ1) is 11.2. The summed E-state index contributed by atoms with van der Waals surface area (Å²) in [5.41, 5.74) is 2.86. The minimum Gasteiger partial charge on any atom is -0.374 e. The van der Waals surface area contributed by atoms with Crippen molar-refractivity contribution in [2.45, 2.75) is 38.3 Å². The van der Waals surface area contributed by atoms with Gasteiger partial charge in [-0.15, -0.1) is 11.3 Å². The van der Waals surface area contributed by atoms with Crippen molar-refractivity contribution >= 4 is 17.2 Å². The molecule has 2 heterocycles. The molecule has 23 heavy (non-hydrogen) atoms. The Balaban J connectivity index is 1.56. The van der Waals surface area contributed by atoms with E-state index in [0.29, 0.717) is 18.8 Å². The van der Waals surface area contributed by atoms with Crippen LogP contribution in [0.25, 0.3) is 10.6 Å². The maximum Gasteiger partial charge on any atom is 0.273 e. The third kappa shape index (κ3) is 2.79. The van der Waals surface area contributed by atoms with Crippen LogP contribution in [0.5, 0.6) is 0 Å². The number of carbonyl (C=O) groups is 1. The lowest BCUT2D eigenvalue weighted by Gasteiger charge is -2.37. The first kappa shape index (κ1) is 14.8. The predicted molar refractivity (Wildman–Crippen MR) is 90.7 cm³/mol. The first-order valence-electron chi connectivity index (χ1n) is 8.17. The van der Waals surface area contributed by atoms with Crippen LogP contribution < -0.4 is 0 Å². The maximum atomic E-state index is 12.9. The minimum absolute atomic E-state index is 0.0554. The Labute approximate surface area is 140 Å². The molecule has 1 saturated heterocycles. The molecular weight excluding hydrogens is 308 g/mol. The molecule has 2 atom stereocenters. The fourth-order valence-electron chi connectivity index (χ4n) is 3.53. The zero-order chi connectivity index (χ0) is 15.8. The number of morpholine rings is 1. The molecule has 5 heteroatoms. The van der Waals surface area contributed by atoms with E-state index in [9.17, 15) is 4.79 Å². The molecule has 1 aromatic carbocycles. The summed E-state index contributed by atoms with van der Waals surface area (Å²) in [5.74, 6) is 0.0554. The molecule has 1 aliphatic carbocycles. The average Bonchev–Trinajstić information content (AvgIpc) is 3.23. The number of hydrogen-bond acceptors (Lipinski definition) is 4. The van der Waals surface area contributed by atoms with Gasteiger partial charge in [-0.25, -0.2) is 4.98 Å². The summed E-state index contributed by atoms with van der Waals surface area (Å²) in [6.45, 7) is 3.39. The summed E-state index contributed by atoms with van der Waals surface area (Å²) in [4.78, 5) is 19.4. The molecule has 0 spiro atoms. The van der Waals surface area contributed by atoms with Gasteiger partial charge in [0.15, 0.2) is 0 Å². The molecule has 2 aromatic rings. The second-order valence-electron chi connectivity index (χ2n) is 6.31. The van der Waals surface area contributed by atoms with Gasteiger partial charge in [-0.05, 0) is 26.2 Å². The normalized spacial score (nSPS) is 23.8. The van der Waals surface area contributed by atoms with Crippen LogP contribution in [0, 0.1) is 6.92 Å². The number of benzene rings is 1. The molecule has 0 radical (unpaired) electrons. The van der Waals surface area contributed by atoms with E-state index in [2.05, 4.69) is 36.2 Å². The van der Waals surface area contributed by atoms with Crippen molar-refractivity contribution in [3.63, 3.8) is 0 Å². The van der Waals surface area contributed by atoms with Crippen LogP contribution in [0.15, 0.2) is 29.6 Å². The number of hydrogen-bond donors (Lipinski definition) is 0. The maximum absolute atomic E-state index is 12.9. The van der Waals surface area contributed by atoms with E-state index >= 15 is 0 Å². The molecule has 0 unspecified atom stereocenters. The van der Waals surface area contributed by atoms with Gasteiger partial charge in [-0.1, -0.05) is 29.8 Å². The Bertz CT molecular complexity index is 710. The number of fused-ring (bicyclic) bond motifs is 1. The summed E-state index contributed by atoms with van der Waals surface area (Å²) in [6, 6.07) is 8.50. The summed E-state index contributed by atoms with van der Waals surface area (Å²) in [7, 11) is 0. The summed E-state index contributed by atoms with van der Waals surface area (Å²) in [5, 5.41) is 2.79. The van der Waals surface area contributed by atoms with Gasteiger partial charge in [-0.3, -0.25) is 4.79 Å². The van der Waals surface area contributed by atoms with Crippen molar-refractivity contribution in [3.8, 4) is 10.6 Å². The van der Waals surface area contributed by atoms with Crippen molar-refractivity contribution in [1.29, 1.82) is 0 Å². The number of aryl methyl sites for hydroxylation is 1. The Hall–Kier alpha value is -1.72. The van der Waals surface area contributed by atoms with Crippen molar-refractivity contribution in [1.82, 2.24) is 9.88 Å². The smallest absolute Gasteiger partial charge is 0.273 e.